The summed E-state index contributed by atoms with van der Waals surface area (Å²) >= 11 is 0. The normalized spacial score (nSPS) is 10.4. The van der Waals surface area contributed by atoms with Crippen LogP contribution in [0.2, 0.25) is 0 Å². The minimum atomic E-state index is -0.556. The first-order valence-corrected chi connectivity index (χ1v) is 10.6. The number of benzene rings is 2. The molecule has 0 unspecified atom stereocenters. The van der Waals surface area contributed by atoms with Crippen LogP contribution in [0.25, 0.3) is 22.3 Å². The van der Waals surface area contributed by atoms with Crippen molar-refractivity contribution in [3.8, 4) is 34.3 Å². The Hall–Kier alpha value is -4.20. The average molecular weight is 466 g/mol. The smallest absolute Gasteiger partial charge is 0.344 e. The summed E-state index contributed by atoms with van der Waals surface area (Å²) in [7, 11) is 1.54. The Kier molecular flexibility index (Phi) is 8.34. The van der Waals surface area contributed by atoms with Crippen molar-refractivity contribution in [3.63, 3.8) is 0 Å². The van der Waals surface area contributed by atoms with E-state index in [1.807, 2.05) is 0 Å². The van der Waals surface area contributed by atoms with Gasteiger partial charge in [0.05, 0.1) is 13.7 Å². The number of carbonyl (C=O) groups excluding carboxylic acids is 1. The van der Waals surface area contributed by atoms with Crippen LogP contribution in [-0.2, 0) is 9.53 Å². The van der Waals surface area contributed by atoms with Crippen molar-refractivity contribution in [2.75, 3.05) is 33.5 Å². The molecule has 34 heavy (non-hydrogen) atoms. The minimum absolute atomic E-state index is 0.148. The fourth-order valence-corrected chi connectivity index (χ4v) is 3.15. The Morgan fingerprint density at radius 1 is 0.971 bits per heavy atom. The summed E-state index contributed by atoms with van der Waals surface area (Å²) in [5.41, 5.74) is 0.479. The van der Waals surface area contributed by atoms with Gasteiger partial charge in [-0.1, -0.05) is 25.3 Å². The standard InChI is InChI=1S/C26H26O8/c1-5-10-31-18-13-23(33-16-25(28)30-7-3)26-19(27)15-21(34-24(26)14-18)17-8-9-20(29-4)22(12-17)32-11-6-2/h5-6,8-9,12-15H,1-2,7,10-11,16H2,3-4H3. The van der Waals surface area contributed by atoms with Crippen LogP contribution in [-0.4, -0.2) is 39.5 Å². The van der Waals surface area contributed by atoms with Crippen LogP contribution in [0.15, 0.2) is 70.9 Å². The fraction of sp³-hybridized carbons (Fsp3) is 0.231. The van der Waals surface area contributed by atoms with Gasteiger partial charge in [0.2, 0.25) is 0 Å². The second-order valence-electron chi connectivity index (χ2n) is 6.93. The van der Waals surface area contributed by atoms with E-state index in [-0.39, 0.29) is 48.6 Å². The van der Waals surface area contributed by atoms with Crippen LogP contribution in [0.4, 0.5) is 0 Å². The van der Waals surface area contributed by atoms with E-state index in [2.05, 4.69) is 13.2 Å². The van der Waals surface area contributed by atoms with Gasteiger partial charge in [0.25, 0.3) is 0 Å². The molecule has 0 spiro atoms. The zero-order valence-corrected chi connectivity index (χ0v) is 19.1. The quantitative estimate of drug-likeness (QED) is 0.284. The third-order valence-corrected chi connectivity index (χ3v) is 4.59. The zero-order valence-electron chi connectivity index (χ0n) is 19.1. The summed E-state index contributed by atoms with van der Waals surface area (Å²) in [4.78, 5) is 24.9. The Labute approximate surface area is 197 Å². The number of carbonyl (C=O) groups is 1. The first-order chi connectivity index (χ1) is 16.5. The molecule has 3 aromatic rings. The maximum absolute atomic E-state index is 13.1. The van der Waals surface area contributed by atoms with E-state index in [0.29, 0.717) is 28.6 Å². The predicted molar refractivity (Wildman–Crippen MR) is 128 cm³/mol. The number of hydrogen-bond acceptors (Lipinski definition) is 8. The Bertz CT molecular complexity index is 1240. The van der Waals surface area contributed by atoms with Gasteiger partial charge in [-0.3, -0.25) is 4.79 Å². The highest BCUT2D eigenvalue weighted by molar-refractivity contribution is 5.87. The molecule has 2 aromatic carbocycles. The van der Waals surface area contributed by atoms with E-state index in [1.165, 1.54) is 19.2 Å². The number of fused-ring (bicyclic) bond motifs is 1. The summed E-state index contributed by atoms with van der Waals surface area (Å²) in [6.07, 6.45) is 3.20. The van der Waals surface area contributed by atoms with Crippen molar-refractivity contribution >= 4 is 16.9 Å². The molecule has 0 amide bonds. The van der Waals surface area contributed by atoms with Gasteiger partial charge in [0.1, 0.15) is 41.4 Å². The summed E-state index contributed by atoms with van der Waals surface area (Å²) < 4.78 is 33.1. The lowest BCUT2D eigenvalue weighted by molar-refractivity contribution is -0.145. The summed E-state index contributed by atoms with van der Waals surface area (Å²) in [5.74, 6) is 1.29. The first-order valence-electron chi connectivity index (χ1n) is 10.6. The van der Waals surface area contributed by atoms with E-state index in [1.54, 1.807) is 43.3 Å². The molecule has 0 aliphatic carbocycles. The van der Waals surface area contributed by atoms with Gasteiger partial charge in [-0.05, 0) is 25.1 Å². The van der Waals surface area contributed by atoms with Crippen molar-refractivity contribution in [2.24, 2.45) is 0 Å². The predicted octanol–water partition coefficient (Wildman–Crippen LogP) is 4.54. The number of esters is 1. The fourth-order valence-electron chi connectivity index (χ4n) is 3.15. The van der Waals surface area contributed by atoms with Gasteiger partial charge in [-0.15, -0.1) is 0 Å². The third-order valence-electron chi connectivity index (χ3n) is 4.59. The summed E-state index contributed by atoms with van der Waals surface area (Å²) in [6.45, 7) is 9.35. The van der Waals surface area contributed by atoms with Gasteiger partial charge in [-0.25, -0.2) is 4.79 Å². The first kappa shape index (κ1) is 24.4. The van der Waals surface area contributed by atoms with Crippen molar-refractivity contribution < 1.29 is 32.9 Å². The molecule has 0 N–H and O–H groups in total. The van der Waals surface area contributed by atoms with E-state index in [4.69, 9.17) is 28.1 Å². The van der Waals surface area contributed by atoms with Gasteiger partial charge in [-0.2, -0.15) is 0 Å². The van der Waals surface area contributed by atoms with E-state index >= 15 is 0 Å². The molecule has 0 fully saturated rings. The van der Waals surface area contributed by atoms with Crippen LogP contribution in [0, 0.1) is 0 Å². The Balaban J connectivity index is 2.09. The number of hydrogen-bond donors (Lipinski definition) is 0. The molecule has 0 bridgehead atoms. The zero-order chi connectivity index (χ0) is 24.5. The van der Waals surface area contributed by atoms with Crippen LogP contribution in [0.1, 0.15) is 6.92 Å². The molecule has 3 rings (SSSR count). The third kappa shape index (κ3) is 5.78. The van der Waals surface area contributed by atoms with Crippen molar-refractivity contribution in [2.45, 2.75) is 6.92 Å². The second kappa shape index (κ2) is 11.6. The summed E-state index contributed by atoms with van der Waals surface area (Å²) in [6, 6.07) is 9.64. The molecular weight excluding hydrogens is 440 g/mol. The number of ether oxygens (including phenoxy) is 5. The van der Waals surface area contributed by atoms with E-state index in [0.717, 1.165) is 0 Å². The van der Waals surface area contributed by atoms with Crippen LogP contribution < -0.4 is 24.4 Å². The van der Waals surface area contributed by atoms with Crippen LogP contribution in [0.3, 0.4) is 0 Å². The molecule has 0 atom stereocenters. The lowest BCUT2D eigenvalue weighted by Gasteiger charge is -2.13. The number of methoxy groups -OCH3 is 1. The van der Waals surface area contributed by atoms with Crippen molar-refractivity contribution in [3.05, 3.63) is 71.9 Å². The van der Waals surface area contributed by atoms with Gasteiger partial charge < -0.3 is 28.1 Å². The SMILES string of the molecule is C=CCOc1cc(OCC(=O)OCC)c2c(=O)cc(-c3ccc(OC)c(OCC=C)c3)oc2c1. The highest BCUT2D eigenvalue weighted by atomic mass is 16.6. The van der Waals surface area contributed by atoms with E-state index in [9.17, 15) is 9.59 Å². The van der Waals surface area contributed by atoms with Gasteiger partial charge in [0, 0.05) is 23.8 Å². The molecule has 1 aromatic heterocycles. The Morgan fingerprint density at radius 2 is 1.74 bits per heavy atom. The molecular formula is C26H26O8. The molecule has 178 valence electrons. The second-order valence-corrected chi connectivity index (χ2v) is 6.93. The monoisotopic (exact) mass is 466 g/mol. The molecule has 8 heteroatoms. The maximum atomic E-state index is 13.1. The lowest BCUT2D eigenvalue weighted by Crippen LogP contribution is -2.15. The van der Waals surface area contributed by atoms with Gasteiger partial charge in [0.15, 0.2) is 23.5 Å². The maximum Gasteiger partial charge on any atom is 0.344 e. The Morgan fingerprint density at radius 3 is 2.44 bits per heavy atom. The number of rotatable bonds is 12. The van der Waals surface area contributed by atoms with Crippen LogP contribution in [0.5, 0.6) is 23.0 Å². The molecule has 1 heterocycles. The van der Waals surface area contributed by atoms with Gasteiger partial charge >= 0.3 is 5.97 Å². The molecule has 0 saturated carbocycles. The van der Waals surface area contributed by atoms with Crippen LogP contribution >= 0.6 is 0 Å². The average Bonchev–Trinajstić information content (AvgIpc) is 2.84. The van der Waals surface area contributed by atoms with E-state index < -0.39 is 5.97 Å². The highest BCUT2D eigenvalue weighted by Gasteiger charge is 2.17. The molecule has 8 nitrogen and oxygen atoms in total. The molecule has 0 saturated heterocycles. The lowest BCUT2D eigenvalue weighted by atomic mass is 10.1. The largest absolute Gasteiger partial charge is 0.493 e. The minimum Gasteiger partial charge on any atom is -0.493 e. The summed E-state index contributed by atoms with van der Waals surface area (Å²) in [5, 5.41) is 0.177. The van der Waals surface area contributed by atoms with Crippen molar-refractivity contribution in [1.82, 2.24) is 0 Å². The molecule has 0 aliphatic rings. The molecule has 0 radical (unpaired) electrons. The van der Waals surface area contributed by atoms with Crippen molar-refractivity contribution in [1.29, 1.82) is 0 Å². The topological polar surface area (TPSA) is 93.4 Å². The highest BCUT2D eigenvalue weighted by Crippen LogP contribution is 2.35. The molecule has 0 aliphatic heterocycles.